The average Bonchev–Trinajstić information content (AvgIpc) is 3.02. The number of hydrogen-bond acceptors (Lipinski definition) is 4. The van der Waals surface area contributed by atoms with Crippen molar-refractivity contribution in [2.45, 2.75) is 6.92 Å². The van der Waals surface area contributed by atoms with Crippen LogP contribution in [0.5, 0.6) is 0 Å². The molecule has 4 nitrogen and oxygen atoms in total. The Bertz CT molecular complexity index is 840. The van der Waals surface area contributed by atoms with Crippen molar-refractivity contribution < 1.29 is 4.79 Å². The Labute approximate surface area is 138 Å². The maximum absolute atomic E-state index is 11.9. The molecule has 0 aliphatic carbocycles. The summed E-state index contributed by atoms with van der Waals surface area (Å²) in [6, 6.07) is 17.7. The van der Waals surface area contributed by atoms with Crippen LogP contribution >= 0.6 is 11.3 Å². The van der Waals surface area contributed by atoms with Crippen molar-refractivity contribution in [3.05, 3.63) is 71.8 Å². The Balaban J connectivity index is 1.67. The minimum absolute atomic E-state index is 0.221. The van der Waals surface area contributed by atoms with E-state index in [0.717, 1.165) is 21.7 Å². The van der Waals surface area contributed by atoms with Crippen LogP contribution in [-0.4, -0.2) is 16.1 Å². The molecule has 1 N–H and O–H groups in total. The zero-order valence-corrected chi connectivity index (χ0v) is 13.4. The second-order valence-electron chi connectivity index (χ2n) is 5.02. The summed E-state index contributed by atoms with van der Waals surface area (Å²) < 4.78 is 0. The zero-order valence-electron chi connectivity index (χ0n) is 12.6. The Morgan fingerprint density at radius 3 is 2.70 bits per heavy atom. The molecule has 0 radical (unpaired) electrons. The van der Waals surface area contributed by atoms with Crippen LogP contribution in [0.1, 0.15) is 11.1 Å². The molecule has 5 heteroatoms. The molecule has 0 aliphatic rings. The molecule has 114 valence electrons. The van der Waals surface area contributed by atoms with Crippen molar-refractivity contribution >= 4 is 28.5 Å². The van der Waals surface area contributed by atoms with Gasteiger partial charge in [0.2, 0.25) is 11.0 Å². The van der Waals surface area contributed by atoms with Crippen LogP contribution in [0.25, 0.3) is 16.6 Å². The summed E-state index contributed by atoms with van der Waals surface area (Å²) in [5, 5.41) is 12.2. The van der Waals surface area contributed by atoms with Crippen LogP contribution in [0.15, 0.2) is 60.7 Å². The van der Waals surface area contributed by atoms with Crippen molar-refractivity contribution in [1.82, 2.24) is 10.2 Å². The van der Waals surface area contributed by atoms with Gasteiger partial charge in [-0.05, 0) is 24.6 Å². The van der Waals surface area contributed by atoms with Gasteiger partial charge in [-0.15, -0.1) is 10.2 Å². The molecule has 0 fully saturated rings. The summed E-state index contributed by atoms with van der Waals surface area (Å²) in [6.07, 6.45) is 3.25. The van der Waals surface area contributed by atoms with Crippen LogP contribution in [0.3, 0.4) is 0 Å². The highest BCUT2D eigenvalue weighted by Gasteiger charge is 2.08. The number of rotatable bonds is 4. The van der Waals surface area contributed by atoms with E-state index in [9.17, 15) is 4.79 Å². The predicted molar refractivity (Wildman–Crippen MR) is 94.2 cm³/mol. The number of benzene rings is 2. The third kappa shape index (κ3) is 4.11. The summed E-state index contributed by atoms with van der Waals surface area (Å²) in [6.45, 7) is 2.03. The number of hydrogen-bond donors (Lipinski definition) is 1. The SMILES string of the molecule is Cc1cccc(-c2nnc(NC(=O)/C=C/c3ccccc3)s2)c1. The lowest BCUT2D eigenvalue weighted by Gasteiger charge is -1.96. The van der Waals surface area contributed by atoms with Gasteiger partial charge in [-0.1, -0.05) is 65.4 Å². The molecule has 0 atom stereocenters. The summed E-state index contributed by atoms with van der Waals surface area (Å²) in [7, 11) is 0. The first kappa shape index (κ1) is 15.1. The molecule has 1 heterocycles. The van der Waals surface area contributed by atoms with E-state index >= 15 is 0 Å². The average molecular weight is 321 g/mol. The Kier molecular flexibility index (Phi) is 4.59. The summed E-state index contributed by atoms with van der Waals surface area (Å²) in [5.41, 5.74) is 3.14. The fourth-order valence-corrected chi connectivity index (χ4v) is 2.79. The second-order valence-corrected chi connectivity index (χ2v) is 5.99. The Morgan fingerprint density at radius 2 is 1.91 bits per heavy atom. The first-order chi connectivity index (χ1) is 11.2. The number of amides is 1. The zero-order chi connectivity index (χ0) is 16.1. The fraction of sp³-hybridized carbons (Fsp3) is 0.0556. The molecule has 0 bridgehead atoms. The van der Waals surface area contributed by atoms with Crippen LogP contribution in [-0.2, 0) is 4.79 Å². The van der Waals surface area contributed by atoms with Crippen molar-refractivity contribution in [2.75, 3.05) is 5.32 Å². The maximum Gasteiger partial charge on any atom is 0.250 e. The largest absolute Gasteiger partial charge is 0.297 e. The van der Waals surface area contributed by atoms with E-state index in [1.807, 2.05) is 61.5 Å². The van der Waals surface area contributed by atoms with Crippen molar-refractivity contribution in [3.63, 3.8) is 0 Å². The molecule has 1 amide bonds. The molecule has 23 heavy (non-hydrogen) atoms. The summed E-state index contributed by atoms with van der Waals surface area (Å²) in [4.78, 5) is 11.9. The standard InChI is InChI=1S/C18H15N3OS/c1-13-6-5-9-15(12-13)17-20-21-18(23-17)19-16(22)11-10-14-7-3-2-4-8-14/h2-12H,1H3,(H,19,21,22)/b11-10+. The van der Waals surface area contributed by atoms with E-state index in [2.05, 4.69) is 15.5 Å². The van der Waals surface area contributed by atoms with Crippen LogP contribution < -0.4 is 5.32 Å². The molecular weight excluding hydrogens is 306 g/mol. The van der Waals surface area contributed by atoms with Crippen molar-refractivity contribution in [2.24, 2.45) is 0 Å². The molecule has 1 aromatic heterocycles. The van der Waals surface area contributed by atoms with Crippen molar-refractivity contribution in [1.29, 1.82) is 0 Å². The summed E-state index contributed by atoms with van der Waals surface area (Å²) in [5.74, 6) is -0.221. The van der Waals surface area contributed by atoms with Crippen molar-refractivity contribution in [3.8, 4) is 10.6 Å². The lowest BCUT2D eigenvalue weighted by Crippen LogP contribution is -2.07. The molecule has 2 aromatic carbocycles. The van der Waals surface area contributed by atoms with Crippen LogP contribution in [0.4, 0.5) is 5.13 Å². The third-order valence-electron chi connectivity index (χ3n) is 3.15. The summed E-state index contributed by atoms with van der Waals surface area (Å²) >= 11 is 1.36. The number of aryl methyl sites for hydroxylation is 1. The molecule has 3 rings (SSSR count). The lowest BCUT2D eigenvalue weighted by molar-refractivity contribution is -0.111. The highest BCUT2D eigenvalue weighted by Crippen LogP contribution is 2.26. The van der Waals surface area contributed by atoms with E-state index in [0.29, 0.717) is 5.13 Å². The highest BCUT2D eigenvalue weighted by atomic mass is 32.1. The normalized spacial score (nSPS) is 10.8. The molecule has 0 unspecified atom stereocenters. The quantitative estimate of drug-likeness (QED) is 0.734. The predicted octanol–water partition coefficient (Wildman–Crippen LogP) is 4.17. The Hall–Kier alpha value is -2.79. The molecular formula is C18H15N3OS. The Morgan fingerprint density at radius 1 is 1.09 bits per heavy atom. The van der Waals surface area contributed by atoms with Gasteiger partial charge < -0.3 is 0 Å². The molecule has 0 saturated carbocycles. The van der Waals surface area contributed by atoms with Gasteiger partial charge in [0, 0.05) is 11.6 Å². The van der Waals surface area contributed by atoms with E-state index in [1.165, 1.54) is 17.4 Å². The minimum Gasteiger partial charge on any atom is -0.297 e. The molecule has 3 aromatic rings. The number of nitrogens with one attached hydrogen (secondary N) is 1. The molecule has 0 saturated heterocycles. The monoisotopic (exact) mass is 321 g/mol. The maximum atomic E-state index is 11.9. The number of carbonyl (C=O) groups is 1. The number of carbonyl (C=O) groups excluding carboxylic acids is 1. The first-order valence-electron chi connectivity index (χ1n) is 7.15. The van der Waals surface area contributed by atoms with Gasteiger partial charge in [-0.2, -0.15) is 0 Å². The van der Waals surface area contributed by atoms with E-state index in [-0.39, 0.29) is 5.91 Å². The second kappa shape index (κ2) is 6.98. The fourth-order valence-electron chi connectivity index (χ4n) is 2.05. The topological polar surface area (TPSA) is 54.9 Å². The van der Waals surface area contributed by atoms with Gasteiger partial charge in [0.05, 0.1) is 0 Å². The number of nitrogens with zero attached hydrogens (tertiary/aromatic N) is 2. The molecule has 0 aliphatic heterocycles. The van der Waals surface area contributed by atoms with E-state index in [1.54, 1.807) is 6.08 Å². The van der Waals surface area contributed by atoms with Gasteiger partial charge >= 0.3 is 0 Å². The smallest absolute Gasteiger partial charge is 0.250 e. The van der Waals surface area contributed by atoms with Gasteiger partial charge in [0.15, 0.2) is 0 Å². The van der Waals surface area contributed by atoms with Crippen LogP contribution in [0, 0.1) is 6.92 Å². The minimum atomic E-state index is -0.221. The van der Waals surface area contributed by atoms with Gasteiger partial charge in [-0.25, -0.2) is 0 Å². The highest BCUT2D eigenvalue weighted by molar-refractivity contribution is 7.18. The van der Waals surface area contributed by atoms with Gasteiger partial charge in [0.1, 0.15) is 5.01 Å². The van der Waals surface area contributed by atoms with E-state index < -0.39 is 0 Å². The van der Waals surface area contributed by atoms with Crippen LogP contribution in [0.2, 0.25) is 0 Å². The first-order valence-corrected chi connectivity index (χ1v) is 7.97. The van der Waals surface area contributed by atoms with Gasteiger partial charge in [0.25, 0.3) is 0 Å². The number of aromatic nitrogens is 2. The van der Waals surface area contributed by atoms with E-state index in [4.69, 9.17) is 0 Å². The van der Waals surface area contributed by atoms with Gasteiger partial charge in [-0.3, -0.25) is 10.1 Å². The third-order valence-corrected chi connectivity index (χ3v) is 4.03. The molecule has 0 spiro atoms. The lowest BCUT2D eigenvalue weighted by atomic mass is 10.1. The number of anilines is 1.